The molecule has 0 bridgehead atoms. The van der Waals surface area contributed by atoms with Crippen molar-refractivity contribution in [2.24, 2.45) is 0 Å². The molecule has 1 amide bonds. The van der Waals surface area contributed by atoms with E-state index in [0.29, 0.717) is 24.6 Å². The second-order valence-electron chi connectivity index (χ2n) is 7.29. The predicted molar refractivity (Wildman–Crippen MR) is 105 cm³/mol. The lowest BCUT2D eigenvalue weighted by molar-refractivity contribution is -0.134. The van der Waals surface area contributed by atoms with Crippen molar-refractivity contribution < 1.29 is 4.79 Å². The minimum Gasteiger partial charge on any atom is -0.342 e. The largest absolute Gasteiger partial charge is 0.342 e. The Kier molecular flexibility index (Phi) is 4.93. The van der Waals surface area contributed by atoms with E-state index in [1.807, 2.05) is 35.2 Å². The molecule has 3 heterocycles. The summed E-state index contributed by atoms with van der Waals surface area (Å²) in [6.07, 6.45) is 2.31. The standard InChI is InChI=1S/C20H24N6O2/c1-3-16(14-7-5-4-6-8-14)20(28)25-11-9-15(10-12-25)26-18-17(23-24-26)19(27)22-13(2)21-18/h4-8,15-16H,3,9-12H2,1-2H3,(H,21,22,27)/t16-/m1/s1. The molecule has 146 valence electrons. The Balaban J connectivity index is 1.49. The van der Waals surface area contributed by atoms with E-state index in [0.717, 1.165) is 24.8 Å². The Labute approximate surface area is 162 Å². The highest BCUT2D eigenvalue weighted by molar-refractivity contribution is 5.83. The van der Waals surface area contributed by atoms with E-state index in [1.54, 1.807) is 11.6 Å². The maximum Gasteiger partial charge on any atom is 0.281 e. The number of aromatic nitrogens is 5. The number of amides is 1. The van der Waals surface area contributed by atoms with Gasteiger partial charge < -0.3 is 9.88 Å². The molecule has 1 aliphatic heterocycles. The molecule has 8 nitrogen and oxygen atoms in total. The second-order valence-corrected chi connectivity index (χ2v) is 7.29. The number of fused-ring (bicyclic) bond motifs is 1. The van der Waals surface area contributed by atoms with Crippen molar-refractivity contribution in [3.63, 3.8) is 0 Å². The summed E-state index contributed by atoms with van der Waals surface area (Å²) >= 11 is 0. The van der Waals surface area contributed by atoms with Gasteiger partial charge in [0.05, 0.1) is 12.0 Å². The molecule has 1 aromatic carbocycles. The number of aryl methyl sites for hydroxylation is 1. The van der Waals surface area contributed by atoms with Gasteiger partial charge in [0.25, 0.3) is 5.56 Å². The highest BCUT2D eigenvalue weighted by Crippen LogP contribution is 2.28. The molecule has 0 unspecified atom stereocenters. The minimum atomic E-state index is -0.269. The van der Waals surface area contributed by atoms with E-state index in [4.69, 9.17) is 0 Å². The van der Waals surface area contributed by atoms with Crippen molar-refractivity contribution in [2.45, 2.75) is 45.1 Å². The molecular formula is C20H24N6O2. The lowest BCUT2D eigenvalue weighted by atomic mass is 9.93. The zero-order valence-electron chi connectivity index (χ0n) is 16.1. The fourth-order valence-corrected chi connectivity index (χ4v) is 3.99. The van der Waals surface area contributed by atoms with E-state index in [2.05, 4.69) is 27.2 Å². The van der Waals surface area contributed by atoms with Gasteiger partial charge in [0.1, 0.15) is 5.82 Å². The summed E-state index contributed by atoms with van der Waals surface area (Å²) in [5.41, 5.74) is 1.58. The molecule has 28 heavy (non-hydrogen) atoms. The van der Waals surface area contributed by atoms with Crippen LogP contribution in [0.2, 0.25) is 0 Å². The van der Waals surface area contributed by atoms with Crippen LogP contribution in [0.4, 0.5) is 0 Å². The molecule has 3 aromatic rings. The lowest BCUT2D eigenvalue weighted by Gasteiger charge is -2.34. The number of aromatic amines is 1. The summed E-state index contributed by atoms with van der Waals surface area (Å²) in [5.74, 6) is 0.621. The van der Waals surface area contributed by atoms with E-state index < -0.39 is 0 Å². The van der Waals surface area contributed by atoms with Crippen molar-refractivity contribution in [1.82, 2.24) is 29.9 Å². The van der Waals surface area contributed by atoms with Crippen LogP contribution >= 0.6 is 0 Å². The average molecular weight is 380 g/mol. The molecule has 0 aliphatic carbocycles. The number of rotatable bonds is 4. The maximum atomic E-state index is 13.1. The highest BCUT2D eigenvalue weighted by Gasteiger charge is 2.30. The topological polar surface area (TPSA) is 96.8 Å². The van der Waals surface area contributed by atoms with Crippen LogP contribution in [0, 0.1) is 6.92 Å². The van der Waals surface area contributed by atoms with E-state index >= 15 is 0 Å². The third-order valence-corrected chi connectivity index (χ3v) is 5.48. The van der Waals surface area contributed by atoms with Gasteiger partial charge in [0.2, 0.25) is 5.91 Å². The van der Waals surface area contributed by atoms with Crippen LogP contribution in [-0.4, -0.2) is 48.9 Å². The third-order valence-electron chi connectivity index (χ3n) is 5.48. The highest BCUT2D eigenvalue weighted by atomic mass is 16.2. The number of carbonyl (C=O) groups excluding carboxylic acids is 1. The molecule has 0 spiro atoms. The quantitative estimate of drug-likeness (QED) is 0.748. The molecule has 4 rings (SSSR count). The number of H-pyrrole nitrogens is 1. The van der Waals surface area contributed by atoms with Crippen molar-refractivity contribution in [1.29, 1.82) is 0 Å². The Hall–Kier alpha value is -3.03. The van der Waals surface area contributed by atoms with Gasteiger partial charge in [-0.2, -0.15) is 0 Å². The van der Waals surface area contributed by atoms with E-state index in [9.17, 15) is 9.59 Å². The van der Waals surface area contributed by atoms with Crippen LogP contribution in [-0.2, 0) is 4.79 Å². The van der Waals surface area contributed by atoms with Gasteiger partial charge in [-0.15, -0.1) is 5.10 Å². The monoisotopic (exact) mass is 380 g/mol. The first-order valence-corrected chi connectivity index (χ1v) is 9.74. The van der Waals surface area contributed by atoms with Gasteiger partial charge >= 0.3 is 0 Å². The zero-order valence-corrected chi connectivity index (χ0v) is 16.1. The molecule has 2 aromatic heterocycles. The van der Waals surface area contributed by atoms with Crippen LogP contribution in [0.5, 0.6) is 0 Å². The summed E-state index contributed by atoms with van der Waals surface area (Å²) in [6, 6.07) is 10.0. The van der Waals surface area contributed by atoms with Crippen LogP contribution in [0.3, 0.4) is 0 Å². The van der Waals surface area contributed by atoms with Crippen LogP contribution in [0.1, 0.15) is 49.5 Å². The number of nitrogens with zero attached hydrogens (tertiary/aromatic N) is 5. The Morgan fingerprint density at radius 2 is 1.96 bits per heavy atom. The van der Waals surface area contributed by atoms with Gasteiger partial charge in [0.15, 0.2) is 11.2 Å². The average Bonchev–Trinajstić information content (AvgIpc) is 3.13. The molecule has 1 fully saturated rings. The second kappa shape index (κ2) is 7.53. The first-order valence-electron chi connectivity index (χ1n) is 9.74. The minimum absolute atomic E-state index is 0.0829. The van der Waals surface area contributed by atoms with Gasteiger partial charge in [0, 0.05) is 13.1 Å². The summed E-state index contributed by atoms with van der Waals surface area (Å²) in [4.78, 5) is 34.1. The van der Waals surface area contributed by atoms with Crippen molar-refractivity contribution in [3.05, 3.63) is 52.1 Å². The van der Waals surface area contributed by atoms with Gasteiger partial charge in [-0.05, 0) is 31.7 Å². The first-order chi connectivity index (χ1) is 13.6. The lowest BCUT2D eigenvalue weighted by Crippen LogP contribution is -2.41. The fourth-order valence-electron chi connectivity index (χ4n) is 3.99. The summed E-state index contributed by atoms with van der Waals surface area (Å²) in [6.45, 7) is 5.12. The Morgan fingerprint density at radius 1 is 1.25 bits per heavy atom. The van der Waals surface area contributed by atoms with Crippen LogP contribution < -0.4 is 5.56 Å². The van der Waals surface area contributed by atoms with Crippen molar-refractivity contribution in [2.75, 3.05) is 13.1 Å². The zero-order chi connectivity index (χ0) is 19.7. The molecule has 1 N–H and O–H groups in total. The van der Waals surface area contributed by atoms with Crippen LogP contribution in [0.25, 0.3) is 11.2 Å². The number of hydrogen-bond acceptors (Lipinski definition) is 5. The van der Waals surface area contributed by atoms with Gasteiger partial charge in [-0.1, -0.05) is 42.5 Å². The van der Waals surface area contributed by atoms with E-state index in [-0.39, 0.29) is 28.9 Å². The van der Waals surface area contributed by atoms with E-state index in [1.165, 1.54) is 0 Å². The molecular weight excluding hydrogens is 356 g/mol. The number of hydrogen-bond donors (Lipinski definition) is 1. The number of benzene rings is 1. The van der Waals surface area contributed by atoms with Gasteiger partial charge in [-0.25, -0.2) is 9.67 Å². The SMILES string of the molecule is CC[C@@H](C(=O)N1CCC(n2nnc3c(=O)[nH]c(C)nc32)CC1)c1ccccc1. The van der Waals surface area contributed by atoms with Crippen molar-refractivity contribution >= 4 is 17.1 Å². The summed E-state index contributed by atoms with van der Waals surface area (Å²) in [5, 5.41) is 8.17. The number of likely N-dealkylation sites (tertiary alicyclic amines) is 1. The first kappa shape index (κ1) is 18.3. The summed E-state index contributed by atoms with van der Waals surface area (Å²) in [7, 11) is 0. The predicted octanol–water partition coefficient (Wildman–Crippen LogP) is 2.18. The number of piperidine rings is 1. The fraction of sp³-hybridized carbons (Fsp3) is 0.450. The molecule has 0 radical (unpaired) electrons. The summed E-state index contributed by atoms with van der Waals surface area (Å²) < 4.78 is 1.74. The Bertz CT molecular complexity index is 1030. The molecule has 1 aliphatic rings. The van der Waals surface area contributed by atoms with Crippen molar-refractivity contribution in [3.8, 4) is 0 Å². The smallest absolute Gasteiger partial charge is 0.281 e. The molecule has 1 atom stereocenters. The third kappa shape index (κ3) is 3.30. The Morgan fingerprint density at radius 3 is 2.64 bits per heavy atom. The normalized spacial score (nSPS) is 16.4. The molecule has 1 saturated heterocycles. The molecule has 0 saturated carbocycles. The molecule has 8 heteroatoms. The number of carbonyl (C=O) groups is 1. The van der Waals surface area contributed by atoms with Gasteiger partial charge in [-0.3, -0.25) is 9.59 Å². The maximum absolute atomic E-state index is 13.1. The van der Waals surface area contributed by atoms with Crippen LogP contribution in [0.15, 0.2) is 35.1 Å². The number of nitrogens with one attached hydrogen (secondary N) is 1.